The van der Waals surface area contributed by atoms with Gasteiger partial charge in [-0.1, -0.05) is 56.3 Å². The second kappa shape index (κ2) is 7.86. The fourth-order valence-corrected chi connectivity index (χ4v) is 2.50. The van der Waals surface area contributed by atoms with Gasteiger partial charge in [0.05, 0.1) is 7.11 Å². The lowest BCUT2D eigenvalue weighted by molar-refractivity contribution is 0.204. The Morgan fingerprint density at radius 2 is 1.71 bits per heavy atom. The van der Waals surface area contributed by atoms with Gasteiger partial charge in [-0.2, -0.15) is 0 Å². The van der Waals surface area contributed by atoms with E-state index in [1.165, 1.54) is 0 Å². The maximum Gasteiger partial charge on any atom is 0.317 e. The molecule has 0 aliphatic heterocycles. The number of hydrogen-bond acceptors (Lipinski definition) is 2. The molecule has 0 spiro atoms. The van der Waals surface area contributed by atoms with E-state index in [0.717, 1.165) is 16.9 Å². The lowest BCUT2D eigenvalue weighted by Gasteiger charge is -2.27. The molecule has 0 heterocycles. The highest BCUT2D eigenvalue weighted by Gasteiger charge is 2.22. The van der Waals surface area contributed by atoms with Crippen LogP contribution in [0.25, 0.3) is 0 Å². The number of nitrogens with one attached hydrogen (secondary N) is 1. The summed E-state index contributed by atoms with van der Waals surface area (Å²) >= 11 is 0. The fraction of sp³-hybridized carbons (Fsp3) is 0.350. The first-order valence-electron chi connectivity index (χ1n) is 8.10. The monoisotopic (exact) mass is 326 g/mol. The molecular weight excluding hydrogens is 300 g/mol. The average Bonchev–Trinajstić information content (AvgIpc) is 2.60. The maximum atomic E-state index is 12.3. The van der Waals surface area contributed by atoms with Crippen molar-refractivity contribution in [2.45, 2.75) is 25.8 Å². The molecule has 1 N–H and O–H groups in total. The van der Waals surface area contributed by atoms with Crippen molar-refractivity contribution in [3.05, 3.63) is 65.7 Å². The molecule has 0 bridgehead atoms. The van der Waals surface area contributed by atoms with Crippen LogP contribution in [-0.4, -0.2) is 31.6 Å². The molecule has 0 aliphatic carbocycles. The molecule has 128 valence electrons. The Morgan fingerprint density at radius 1 is 1.08 bits per heavy atom. The van der Waals surface area contributed by atoms with Gasteiger partial charge < -0.3 is 15.0 Å². The van der Waals surface area contributed by atoms with Gasteiger partial charge in [-0.25, -0.2) is 4.79 Å². The number of nitrogens with zero attached hydrogens (tertiary/aromatic N) is 1. The van der Waals surface area contributed by atoms with E-state index in [-0.39, 0.29) is 11.4 Å². The van der Waals surface area contributed by atoms with E-state index in [0.29, 0.717) is 13.1 Å². The van der Waals surface area contributed by atoms with Crippen LogP contribution in [0.3, 0.4) is 0 Å². The molecule has 0 aliphatic rings. The van der Waals surface area contributed by atoms with Crippen molar-refractivity contribution < 1.29 is 9.53 Å². The maximum absolute atomic E-state index is 12.3. The summed E-state index contributed by atoms with van der Waals surface area (Å²) in [6.45, 7) is 5.39. The lowest BCUT2D eigenvalue weighted by atomic mass is 9.84. The number of rotatable bonds is 6. The third-order valence-electron chi connectivity index (χ3n) is 4.16. The Labute approximate surface area is 144 Å². The van der Waals surface area contributed by atoms with Gasteiger partial charge in [0.2, 0.25) is 0 Å². The van der Waals surface area contributed by atoms with Gasteiger partial charge in [-0.05, 0) is 23.3 Å². The van der Waals surface area contributed by atoms with E-state index in [4.69, 9.17) is 4.74 Å². The summed E-state index contributed by atoms with van der Waals surface area (Å²) in [4.78, 5) is 14.0. The topological polar surface area (TPSA) is 41.6 Å². The van der Waals surface area contributed by atoms with Crippen LogP contribution in [0.15, 0.2) is 54.6 Å². The highest BCUT2D eigenvalue weighted by atomic mass is 16.5. The van der Waals surface area contributed by atoms with Crippen molar-refractivity contribution in [3.63, 3.8) is 0 Å². The van der Waals surface area contributed by atoms with Gasteiger partial charge in [0, 0.05) is 25.6 Å². The third-order valence-corrected chi connectivity index (χ3v) is 4.16. The number of carbonyl (C=O) groups excluding carboxylic acids is 1. The minimum Gasteiger partial charge on any atom is -0.497 e. The van der Waals surface area contributed by atoms with Crippen LogP contribution in [0, 0.1) is 0 Å². The van der Waals surface area contributed by atoms with Crippen LogP contribution < -0.4 is 10.1 Å². The molecule has 4 nitrogen and oxygen atoms in total. The standard InChI is InChI=1S/C20H26N2O2/c1-20(2,17-10-12-18(24-4)13-11-17)15-21-19(23)22(3)14-16-8-6-5-7-9-16/h5-13H,14-15H2,1-4H3,(H,21,23). The molecule has 2 aromatic carbocycles. The van der Waals surface area contributed by atoms with Crippen LogP contribution in [0.5, 0.6) is 5.75 Å². The third kappa shape index (κ3) is 4.75. The van der Waals surface area contributed by atoms with Crippen molar-refractivity contribution >= 4 is 6.03 Å². The van der Waals surface area contributed by atoms with Crippen molar-refractivity contribution in [1.82, 2.24) is 10.2 Å². The van der Waals surface area contributed by atoms with Gasteiger partial charge in [0.25, 0.3) is 0 Å². The Hall–Kier alpha value is -2.49. The van der Waals surface area contributed by atoms with Gasteiger partial charge in [0.15, 0.2) is 0 Å². The van der Waals surface area contributed by atoms with Crippen molar-refractivity contribution in [2.24, 2.45) is 0 Å². The first kappa shape index (κ1) is 17.9. The molecule has 0 atom stereocenters. The number of amides is 2. The second-order valence-corrected chi connectivity index (χ2v) is 6.61. The first-order valence-corrected chi connectivity index (χ1v) is 8.10. The number of methoxy groups -OCH3 is 1. The van der Waals surface area contributed by atoms with Crippen LogP contribution >= 0.6 is 0 Å². The molecule has 4 heteroatoms. The molecule has 24 heavy (non-hydrogen) atoms. The summed E-state index contributed by atoms with van der Waals surface area (Å²) in [6, 6.07) is 17.9. The van der Waals surface area contributed by atoms with E-state index >= 15 is 0 Å². The van der Waals surface area contributed by atoms with E-state index in [1.807, 2.05) is 61.6 Å². The SMILES string of the molecule is COc1ccc(C(C)(C)CNC(=O)N(C)Cc2ccccc2)cc1. The van der Waals surface area contributed by atoms with E-state index in [9.17, 15) is 4.79 Å². The van der Waals surface area contributed by atoms with E-state index in [1.54, 1.807) is 12.0 Å². The van der Waals surface area contributed by atoms with Crippen molar-refractivity contribution in [1.29, 1.82) is 0 Å². The highest BCUT2D eigenvalue weighted by molar-refractivity contribution is 5.74. The summed E-state index contributed by atoms with van der Waals surface area (Å²) in [6.07, 6.45) is 0. The Kier molecular flexibility index (Phi) is 5.85. The van der Waals surface area contributed by atoms with E-state index in [2.05, 4.69) is 19.2 Å². The summed E-state index contributed by atoms with van der Waals surface area (Å²) in [5, 5.41) is 3.03. The molecule has 0 radical (unpaired) electrons. The minimum atomic E-state index is -0.157. The number of ether oxygens (including phenoxy) is 1. The molecule has 2 rings (SSSR count). The molecular formula is C20H26N2O2. The fourth-order valence-electron chi connectivity index (χ4n) is 2.50. The summed E-state index contributed by atoms with van der Waals surface area (Å²) in [5.41, 5.74) is 2.12. The molecule has 0 aromatic heterocycles. The predicted molar refractivity (Wildman–Crippen MR) is 97.3 cm³/mol. The zero-order valence-electron chi connectivity index (χ0n) is 14.9. The summed E-state index contributed by atoms with van der Waals surface area (Å²) < 4.78 is 5.19. The number of carbonyl (C=O) groups is 1. The Bertz CT molecular complexity index is 651. The molecule has 0 saturated heterocycles. The van der Waals surface area contributed by atoms with Crippen LogP contribution in [-0.2, 0) is 12.0 Å². The molecule has 0 fully saturated rings. The molecule has 2 aromatic rings. The van der Waals surface area contributed by atoms with Gasteiger partial charge >= 0.3 is 6.03 Å². The van der Waals surface area contributed by atoms with E-state index < -0.39 is 0 Å². The van der Waals surface area contributed by atoms with Crippen LogP contribution in [0.4, 0.5) is 4.79 Å². The predicted octanol–water partition coefficient (Wildman–Crippen LogP) is 3.81. The zero-order chi connectivity index (χ0) is 17.6. The van der Waals surface area contributed by atoms with Crippen molar-refractivity contribution in [3.8, 4) is 5.75 Å². The van der Waals surface area contributed by atoms with Crippen LogP contribution in [0.1, 0.15) is 25.0 Å². The number of urea groups is 1. The summed E-state index contributed by atoms with van der Waals surface area (Å²) in [7, 11) is 3.46. The van der Waals surface area contributed by atoms with Gasteiger partial charge in [-0.3, -0.25) is 0 Å². The summed E-state index contributed by atoms with van der Waals surface area (Å²) in [5.74, 6) is 0.834. The molecule has 0 saturated carbocycles. The zero-order valence-corrected chi connectivity index (χ0v) is 14.9. The number of benzene rings is 2. The number of hydrogen-bond donors (Lipinski definition) is 1. The largest absolute Gasteiger partial charge is 0.497 e. The molecule has 0 unspecified atom stereocenters. The lowest BCUT2D eigenvalue weighted by Crippen LogP contribution is -2.42. The average molecular weight is 326 g/mol. The first-order chi connectivity index (χ1) is 11.4. The van der Waals surface area contributed by atoms with Gasteiger partial charge in [-0.15, -0.1) is 0 Å². The van der Waals surface area contributed by atoms with Gasteiger partial charge in [0.1, 0.15) is 5.75 Å². The second-order valence-electron chi connectivity index (χ2n) is 6.61. The Morgan fingerprint density at radius 3 is 2.29 bits per heavy atom. The highest BCUT2D eigenvalue weighted by Crippen LogP contribution is 2.24. The minimum absolute atomic E-state index is 0.0690. The molecule has 2 amide bonds. The Balaban J connectivity index is 1.91. The smallest absolute Gasteiger partial charge is 0.317 e. The van der Waals surface area contributed by atoms with Crippen LogP contribution in [0.2, 0.25) is 0 Å². The normalized spacial score (nSPS) is 11.0. The quantitative estimate of drug-likeness (QED) is 0.877. The van der Waals surface area contributed by atoms with Crippen molar-refractivity contribution in [2.75, 3.05) is 20.7 Å².